The summed E-state index contributed by atoms with van der Waals surface area (Å²) in [6.45, 7) is 30.6. The fraction of sp³-hybridized carbons (Fsp3) is 0.643. The number of carbonyl (C=O) groups is 3. The second-order valence-corrected chi connectivity index (χ2v) is 31.6. The van der Waals surface area contributed by atoms with Crippen LogP contribution in [-0.4, -0.2) is 138 Å². The molecule has 0 spiro atoms. The topological polar surface area (TPSA) is 225 Å². The third kappa shape index (κ3) is 20.9. The molecule has 2 N–H and O–H groups in total. The Bertz CT molecular complexity index is 2940. The van der Waals surface area contributed by atoms with Crippen LogP contribution in [0.15, 0.2) is 125 Å². The molecule has 4 fully saturated rings. The van der Waals surface area contributed by atoms with E-state index in [1.165, 1.54) is 0 Å². The third-order valence-electron chi connectivity index (χ3n) is 18.0. The molecule has 7 rings (SSSR count). The normalized spacial score (nSPS) is 28.5. The average molecular weight is 1260 g/mol. The Morgan fingerprint density at radius 3 is 1.35 bits per heavy atom. The number of sulfone groups is 2. The Balaban J connectivity index is 0.000000286. The van der Waals surface area contributed by atoms with E-state index in [2.05, 4.69) is 33.9 Å². The van der Waals surface area contributed by atoms with Crippen molar-refractivity contribution in [1.29, 1.82) is 0 Å². The number of hydrogen-bond acceptors (Lipinski definition) is 16. The number of hydrogen-bond donors (Lipinski definition) is 2. The Labute approximate surface area is 525 Å². The van der Waals surface area contributed by atoms with Crippen molar-refractivity contribution in [2.45, 2.75) is 205 Å². The van der Waals surface area contributed by atoms with Gasteiger partial charge in [-0.25, -0.2) is 21.6 Å². The van der Waals surface area contributed by atoms with Gasteiger partial charge < -0.3 is 43.4 Å². The zero-order valence-electron chi connectivity index (χ0n) is 54.1. The number of aliphatic hydroxyl groups excluding tert-OH is 2. The molecular weight excluding hydrogens is 1160 g/mol. The summed E-state index contributed by atoms with van der Waals surface area (Å²) in [5.74, 6) is -1.23. The smallest absolute Gasteiger partial charge is 0.338 e. The highest BCUT2D eigenvalue weighted by Gasteiger charge is 2.48. The van der Waals surface area contributed by atoms with Crippen LogP contribution in [0, 0.1) is 52.3 Å². The largest absolute Gasteiger partial charge is 0.465 e. The molecule has 18 heteroatoms. The quantitative estimate of drug-likeness (QED) is 0.0330. The average Bonchev–Trinajstić information content (AvgIpc) is 1.75. The van der Waals surface area contributed by atoms with Gasteiger partial charge >= 0.3 is 17.9 Å². The van der Waals surface area contributed by atoms with Gasteiger partial charge in [0.25, 0.3) is 0 Å². The monoisotopic (exact) mass is 1260 g/mol. The van der Waals surface area contributed by atoms with E-state index in [0.29, 0.717) is 55.8 Å². The molecule has 4 aliphatic heterocycles. The predicted molar refractivity (Wildman–Crippen MR) is 340 cm³/mol. The number of aliphatic hydroxyl groups is 2. The third-order valence-corrected chi connectivity index (χ3v) is 21.7. The molecule has 0 bridgehead atoms. The highest BCUT2D eigenvalue weighted by atomic mass is 32.2. The molecule has 0 aromatic heterocycles. The molecule has 0 amide bonds. The van der Waals surface area contributed by atoms with Crippen molar-refractivity contribution in [2.24, 2.45) is 52.3 Å². The van der Waals surface area contributed by atoms with Gasteiger partial charge in [0.2, 0.25) is 0 Å². The van der Waals surface area contributed by atoms with Gasteiger partial charge in [0.05, 0.1) is 119 Å². The van der Waals surface area contributed by atoms with Crippen molar-refractivity contribution in [3.8, 4) is 0 Å². The van der Waals surface area contributed by atoms with Crippen molar-refractivity contribution < 1.29 is 74.6 Å². The van der Waals surface area contributed by atoms with Gasteiger partial charge in [0.15, 0.2) is 19.7 Å². The zero-order chi connectivity index (χ0) is 64.7. The summed E-state index contributed by atoms with van der Waals surface area (Å²) < 4.78 is 96.7. The highest BCUT2D eigenvalue weighted by Crippen LogP contribution is 2.44. The number of carbonyl (C=O) groups excluding carboxylic acids is 3. The number of ether oxygens (including phenoxy) is 7. The van der Waals surface area contributed by atoms with Crippen molar-refractivity contribution in [3.05, 3.63) is 121 Å². The van der Waals surface area contributed by atoms with Crippen LogP contribution in [0.4, 0.5) is 0 Å². The molecular formula is C70H102O16S2. The second kappa shape index (κ2) is 32.5. The van der Waals surface area contributed by atoms with Crippen LogP contribution in [0.2, 0.25) is 0 Å². The molecule has 3 aromatic rings. The van der Waals surface area contributed by atoms with Crippen LogP contribution in [-0.2, 0) is 62.4 Å². The van der Waals surface area contributed by atoms with Gasteiger partial charge in [-0.3, -0.25) is 9.59 Å². The van der Waals surface area contributed by atoms with Gasteiger partial charge in [-0.15, -0.1) is 0 Å². The van der Waals surface area contributed by atoms with Gasteiger partial charge in [-0.05, 0) is 164 Å². The molecule has 3 aromatic carbocycles. The van der Waals surface area contributed by atoms with E-state index in [-0.39, 0.29) is 138 Å². The van der Waals surface area contributed by atoms with Crippen LogP contribution >= 0.6 is 0 Å². The summed E-state index contributed by atoms with van der Waals surface area (Å²) in [4.78, 5) is 37.4. The van der Waals surface area contributed by atoms with Crippen molar-refractivity contribution in [3.63, 3.8) is 0 Å². The number of esters is 3. The maximum atomic E-state index is 13.6. The standard InChI is InChI=1S/C39H54O8S.C31H48O8S/c1-26(24-45-37(40)30-15-10-8-11-16-30)21-34-29(4)33(25-48(42,43)32-18-12-9-13-19-32)36(47-34)23-35-28(3)27(2)22-31(46-35)17-14-20-44-38(41)39(5,6)7;1-20-15-24(11-10-14-37-30(34)31(4,5)6)38-28(21(20)2)17-29-26(22(3)27(39-29)16-23(33)18-32)19-40(35,36)25-12-8-7-9-13-25/h8-13,15-16,18-19,26-27,29,31,33-36H,3,14,17,20-25H2,1-2,4-7H3;7-9,12-13,20,22-24,26-29,32-33H,2,10-11,14-19H2,1,3-6H3/t26-,27+,29+,31-,33+,34+,35?,36-;20-,22-,23+,24+,26-,27-,28?,29+/m01/s1. The molecule has 0 aliphatic carbocycles. The zero-order valence-corrected chi connectivity index (χ0v) is 55.7. The van der Waals surface area contributed by atoms with E-state index in [1.54, 1.807) is 78.9 Å². The van der Waals surface area contributed by atoms with Crippen LogP contribution in [0.3, 0.4) is 0 Å². The molecule has 4 aliphatic rings. The summed E-state index contributed by atoms with van der Waals surface area (Å²) in [5, 5.41) is 19.5. The first-order chi connectivity index (χ1) is 41.4. The molecule has 16 atom stereocenters. The van der Waals surface area contributed by atoms with Crippen LogP contribution in [0.5, 0.6) is 0 Å². The maximum absolute atomic E-state index is 13.6. The lowest BCUT2D eigenvalue weighted by atomic mass is 9.82. The molecule has 4 saturated heterocycles. The van der Waals surface area contributed by atoms with Gasteiger partial charge in [-0.2, -0.15) is 0 Å². The summed E-state index contributed by atoms with van der Waals surface area (Å²) in [6, 6.07) is 25.9. The van der Waals surface area contributed by atoms with Crippen LogP contribution in [0.1, 0.15) is 151 Å². The number of benzene rings is 3. The molecule has 490 valence electrons. The number of rotatable bonds is 26. The Morgan fingerprint density at radius 2 is 0.966 bits per heavy atom. The van der Waals surface area contributed by atoms with E-state index in [0.717, 1.165) is 36.8 Å². The first kappa shape index (κ1) is 72.3. The molecule has 2 unspecified atom stereocenters. The Morgan fingerprint density at radius 1 is 0.580 bits per heavy atom. The minimum Gasteiger partial charge on any atom is -0.465 e. The Hall–Kier alpha value is -4.79. The van der Waals surface area contributed by atoms with Crippen molar-refractivity contribution in [2.75, 3.05) is 37.9 Å². The molecule has 0 saturated carbocycles. The summed E-state index contributed by atoms with van der Waals surface area (Å²) in [6.07, 6.45) is 3.42. The van der Waals surface area contributed by atoms with Gasteiger partial charge in [0, 0.05) is 31.1 Å². The lowest BCUT2D eigenvalue weighted by Crippen LogP contribution is -2.38. The fourth-order valence-corrected chi connectivity index (χ4v) is 15.9. The SMILES string of the molecule is C=C1C(C[C@@H]2O[C@H](C[C@H](C)COC(=O)c3ccccc3)[C@H](C)[C@H]2CS(=O)(=O)c2ccccc2)O[C@@H](CCCOC(=O)C(C)(C)C)C[C@H]1C.C=C1C(C[C@@H]2O[C@H](C[C@H](O)CO)[C@H](C)[C@H]2CS(=O)(=O)c2ccccc2)O[C@@H](CCCOC(=O)C(C)(C)C)C[C@H]1C. The fourth-order valence-electron chi connectivity index (χ4n) is 12.4. The van der Waals surface area contributed by atoms with E-state index < -0.39 is 42.7 Å². The molecule has 88 heavy (non-hydrogen) atoms. The van der Waals surface area contributed by atoms with Gasteiger partial charge in [0.1, 0.15) is 0 Å². The second-order valence-electron chi connectivity index (χ2n) is 27.5. The minimum absolute atomic E-state index is 0.00734. The minimum atomic E-state index is -3.58. The molecule has 16 nitrogen and oxygen atoms in total. The van der Waals surface area contributed by atoms with E-state index in [9.17, 15) is 41.4 Å². The Kier molecular flexibility index (Phi) is 26.7. The van der Waals surface area contributed by atoms with Crippen LogP contribution < -0.4 is 0 Å². The van der Waals surface area contributed by atoms with E-state index >= 15 is 0 Å². The first-order valence-electron chi connectivity index (χ1n) is 31.8. The van der Waals surface area contributed by atoms with Crippen molar-refractivity contribution >= 4 is 37.6 Å². The predicted octanol–water partition coefficient (Wildman–Crippen LogP) is 11.8. The lowest BCUT2D eigenvalue weighted by Gasteiger charge is -2.38. The maximum Gasteiger partial charge on any atom is 0.338 e. The summed E-state index contributed by atoms with van der Waals surface area (Å²) in [5.41, 5.74) is 1.40. The summed E-state index contributed by atoms with van der Waals surface area (Å²) >= 11 is 0. The first-order valence-corrected chi connectivity index (χ1v) is 35.1. The summed E-state index contributed by atoms with van der Waals surface area (Å²) in [7, 11) is -7.15. The molecule has 4 heterocycles. The van der Waals surface area contributed by atoms with Crippen LogP contribution in [0.25, 0.3) is 0 Å². The highest BCUT2D eigenvalue weighted by molar-refractivity contribution is 7.91. The van der Waals surface area contributed by atoms with Gasteiger partial charge in [-0.1, -0.05) is 102 Å². The van der Waals surface area contributed by atoms with E-state index in [4.69, 9.17) is 33.2 Å². The van der Waals surface area contributed by atoms with E-state index in [1.807, 2.05) is 67.5 Å². The molecule has 0 radical (unpaired) electrons. The van der Waals surface area contributed by atoms with Crippen molar-refractivity contribution in [1.82, 2.24) is 0 Å². The lowest BCUT2D eigenvalue weighted by molar-refractivity contribution is -0.154.